The van der Waals surface area contributed by atoms with Gasteiger partial charge in [-0.1, -0.05) is 60.7 Å². The molecule has 1 aliphatic rings. The third-order valence-corrected chi connectivity index (χ3v) is 5.23. The lowest BCUT2D eigenvalue weighted by Gasteiger charge is -2.33. The summed E-state index contributed by atoms with van der Waals surface area (Å²) in [5.41, 5.74) is 1.36. The number of nitrogens with zero attached hydrogens (tertiary/aromatic N) is 1. The fourth-order valence-corrected chi connectivity index (χ4v) is 3.65. The minimum absolute atomic E-state index is 0.234. The second-order valence-corrected chi connectivity index (χ2v) is 8.80. The minimum Gasteiger partial charge on any atom is -0.465 e. The molecule has 1 aliphatic heterocycles. The SMILES string of the molecule is CC(C)(C)OC(=O)N1CCC(COC(=O)C(c2ccccc2)c2ccccc2)CC1. The molecule has 3 rings (SSSR count). The van der Waals surface area contributed by atoms with Crippen LogP contribution in [0.15, 0.2) is 60.7 Å². The fraction of sp³-hybridized carbons (Fsp3) is 0.440. The van der Waals surface area contributed by atoms with E-state index in [9.17, 15) is 9.59 Å². The molecule has 30 heavy (non-hydrogen) atoms. The first-order valence-corrected chi connectivity index (χ1v) is 10.6. The van der Waals surface area contributed by atoms with Crippen LogP contribution in [0.3, 0.4) is 0 Å². The second-order valence-electron chi connectivity index (χ2n) is 8.80. The Labute approximate surface area is 179 Å². The van der Waals surface area contributed by atoms with Crippen molar-refractivity contribution in [1.82, 2.24) is 4.90 Å². The van der Waals surface area contributed by atoms with Crippen molar-refractivity contribution < 1.29 is 19.1 Å². The Morgan fingerprint density at radius 3 is 1.90 bits per heavy atom. The molecule has 1 heterocycles. The number of ether oxygens (including phenoxy) is 2. The van der Waals surface area contributed by atoms with Gasteiger partial charge in [0.1, 0.15) is 11.5 Å². The van der Waals surface area contributed by atoms with Crippen molar-refractivity contribution in [3.8, 4) is 0 Å². The molecule has 1 fully saturated rings. The smallest absolute Gasteiger partial charge is 0.410 e. The Kier molecular flexibility index (Phi) is 7.14. The van der Waals surface area contributed by atoms with Crippen LogP contribution in [0.5, 0.6) is 0 Å². The maximum absolute atomic E-state index is 13.0. The van der Waals surface area contributed by atoms with Gasteiger partial charge < -0.3 is 14.4 Å². The van der Waals surface area contributed by atoms with Gasteiger partial charge in [0.25, 0.3) is 0 Å². The predicted octanol–water partition coefficient (Wildman–Crippen LogP) is 5.01. The number of benzene rings is 2. The Balaban J connectivity index is 1.56. The lowest BCUT2D eigenvalue weighted by atomic mass is 9.91. The molecule has 5 nitrogen and oxygen atoms in total. The highest BCUT2D eigenvalue weighted by atomic mass is 16.6. The highest BCUT2D eigenvalue weighted by Gasteiger charge is 2.29. The average Bonchev–Trinajstić information content (AvgIpc) is 2.73. The van der Waals surface area contributed by atoms with E-state index in [1.165, 1.54) is 0 Å². The van der Waals surface area contributed by atoms with Gasteiger partial charge in [-0.15, -0.1) is 0 Å². The molecule has 2 aromatic carbocycles. The van der Waals surface area contributed by atoms with Gasteiger partial charge in [0, 0.05) is 13.1 Å². The Hall–Kier alpha value is -2.82. The summed E-state index contributed by atoms with van der Waals surface area (Å²) in [6.45, 7) is 7.22. The van der Waals surface area contributed by atoms with E-state index in [2.05, 4.69) is 0 Å². The van der Waals surface area contributed by atoms with Crippen LogP contribution in [0.1, 0.15) is 50.7 Å². The Morgan fingerprint density at radius 2 is 1.43 bits per heavy atom. The summed E-state index contributed by atoms with van der Waals surface area (Å²) in [5, 5.41) is 0. The van der Waals surface area contributed by atoms with Crippen molar-refractivity contribution in [2.75, 3.05) is 19.7 Å². The minimum atomic E-state index is -0.493. The molecular formula is C25H31NO4. The number of carbonyl (C=O) groups is 2. The molecule has 5 heteroatoms. The lowest BCUT2D eigenvalue weighted by Crippen LogP contribution is -2.42. The van der Waals surface area contributed by atoms with Crippen molar-refractivity contribution in [2.24, 2.45) is 5.92 Å². The molecule has 0 atom stereocenters. The molecule has 2 aromatic rings. The highest BCUT2D eigenvalue weighted by Crippen LogP contribution is 2.27. The van der Waals surface area contributed by atoms with Gasteiger partial charge in [-0.3, -0.25) is 4.79 Å². The van der Waals surface area contributed by atoms with E-state index in [0.717, 1.165) is 24.0 Å². The summed E-state index contributed by atoms with van der Waals surface area (Å²) in [4.78, 5) is 27.0. The van der Waals surface area contributed by atoms with Gasteiger partial charge in [-0.05, 0) is 50.7 Å². The maximum Gasteiger partial charge on any atom is 0.410 e. The van der Waals surface area contributed by atoms with Crippen LogP contribution in [0.2, 0.25) is 0 Å². The van der Waals surface area contributed by atoms with Crippen LogP contribution in [-0.4, -0.2) is 42.3 Å². The number of rotatable bonds is 5. The zero-order valence-corrected chi connectivity index (χ0v) is 18.0. The van der Waals surface area contributed by atoms with Gasteiger partial charge in [-0.25, -0.2) is 4.79 Å². The van der Waals surface area contributed by atoms with Gasteiger partial charge in [0.2, 0.25) is 0 Å². The van der Waals surface area contributed by atoms with Crippen LogP contribution in [0.25, 0.3) is 0 Å². The molecule has 0 aromatic heterocycles. The fourth-order valence-electron chi connectivity index (χ4n) is 3.65. The normalized spacial score (nSPS) is 15.1. The Bertz CT molecular complexity index is 782. The number of hydrogen-bond donors (Lipinski definition) is 0. The molecule has 0 aliphatic carbocycles. The van der Waals surface area contributed by atoms with Crippen LogP contribution in [0, 0.1) is 5.92 Å². The van der Waals surface area contributed by atoms with Crippen LogP contribution < -0.4 is 0 Å². The van der Waals surface area contributed by atoms with Crippen molar-refractivity contribution >= 4 is 12.1 Å². The van der Waals surface area contributed by atoms with E-state index in [1.807, 2.05) is 81.4 Å². The van der Waals surface area contributed by atoms with E-state index in [1.54, 1.807) is 4.90 Å². The summed E-state index contributed by atoms with van der Waals surface area (Å²) in [6, 6.07) is 19.4. The van der Waals surface area contributed by atoms with E-state index < -0.39 is 11.5 Å². The van der Waals surface area contributed by atoms with E-state index in [0.29, 0.717) is 19.7 Å². The first-order chi connectivity index (χ1) is 14.3. The molecule has 0 saturated carbocycles. The van der Waals surface area contributed by atoms with Crippen molar-refractivity contribution in [1.29, 1.82) is 0 Å². The van der Waals surface area contributed by atoms with Gasteiger partial charge in [0.05, 0.1) is 6.61 Å². The third-order valence-electron chi connectivity index (χ3n) is 5.23. The molecule has 0 bridgehead atoms. The molecule has 0 spiro atoms. The zero-order valence-electron chi connectivity index (χ0n) is 18.0. The van der Waals surface area contributed by atoms with Crippen molar-refractivity contribution in [2.45, 2.75) is 45.1 Å². The average molecular weight is 410 g/mol. The van der Waals surface area contributed by atoms with Crippen LogP contribution >= 0.6 is 0 Å². The van der Waals surface area contributed by atoms with Crippen molar-refractivity contribution in [3.63, 3.8) is 0 Å². The molecule has 0 unspecified atom stereocenters. The highest BCUT2D eigenvalue weighted by molar-refractivity contribution is 5.82. The molecule has 0 radical (unpaired) electrons. The van der Waals surface area contributed by atoms with Crippen LogP contribution in [0.4, 0.5) is 4.79 Å². The number of likely N-dealkylation sites (tertiary alicyclic amines) is 1. The van der Waals surface area contributed by atoms with E-state index in [-0.39, 0.29) is 18.0 Å². The number of carbonyl (C=O) groups excluding carboxylic acids is 2. The van der Waals surface area contributed by atoms with Crippen LogP contribution in [-0.2, 0) is 14.3 Å². The predicted molar refractivity (Wildman–Crippen MR) is 116 cm³/mol. The molecule has 1 saturated heterocycles. The second kappa shape index (κ2) is 9.79. The standard InChI is InChI=1S/C25H31NO4/c1-25(2,3)30-24(28)26-16-14-19(15-17-26)18-29-23(27)22(20-10-6-4-7-11-20)21-12-8-5-9-13-21/h4-13,19,22H,14-18H2,1-3H3. The van der Waals surface area contributed by atoms with Gasteiger partial charge in [0.15, 0.2) is 0 Å². The van der Waals surface area contributed by atoms with E-state index in [4.69, 9.17) is 9.47 Å². The van der Waals surface area contributed by atoms with Gasteiger partial charge in [-0.2, -0.15) is 0 Å². The molecular weight excluding hydrogens is 378 g/mol. The lowest BCUT2D eigenvalue weighted by molar-refractivity contribution is -0.146. The Morgan fingerprint density at radius 1 is 0.933 bits per heavy atom. The number of amides is 1. The first-order valence-electron chi connectivity index (χ1n) is 10.6. The first kappa shape index (κ1) is 21.9. The monoisotopic (exact) mass is 409 g/mol. The number of esters is 1. The largest absolute Gasteiger partial charge is 0.465 e. The summed E-state index contributed by atoms with van der Waals surface area (Å²) >= 11 is 0. The summed E-state index contributed by atoms with van der Waals surface area (Å²) < 4.78 is 11.2. The topological polar surface area (TPSA) is 55.8 Å². The zero-order chi connectivity index (χ0) is 21.6. The maximum atomic E-state index is 13.0. The van der Waals surface area contributed by atoms with Gasteiger partial charge >= 0.3 is 12.1 Å². The van der Waals surface area contributed by atoms with E-state index >= 15 is 0 Å². The quantitative estimate of drug-likeness (QED) is 0.652. The molecule has 1 amide bonds. The molecule has 0 N–H and O–H groups in total. The summed E-state index contributed by atoms with van der Waals surface area (Å²) in [5.74, 6) is -0.420. The number of hydrogen-bond acceptors (Lipinski definition) is 4. The summed E-state index contributed by atoms with van der Waals surface area (Å²) in [7, 11) is 0. The molecule has 160 valence electrons. The summed E-state index contributed by atoms with van der Waals surface area (Å²) in [6.07, 6.45) is 1.33. The van der Waals surface area contributed by atoms with Crippen molar-refractivity contribution in [3.05, 3.63) is 71.8 Å². The third kappa shape index (κ3) is 6.09. The number of piperidine rings is 1.